The molecule has 0 spiro atoms. The van der Waals surface area contributed by atoms with Crippen LogP contribution in [0.5, 0.6) is 0 Å². The zero-order chi connectivity index (χ0) is 13.0. The van der Waals surface area contributed by atoms with Crippen LogP contribution in [0.3, 0.4) is 0 Å². The fraction of sp³-hybridized carbons (Fsp3) is 0.231. The molecule has 0 bridgehead atoms. The molecule has 0 atom stereocenters. The Morgan fingerprint density at radius 3 is 2.50 bits per heavy atom. The Balaban J connectivity index is 1.98. The Bertz CT molecular complexity index is 602. The summed E-state index contributed by atoms with van der Waals surface area (Å²) in [6.45, 7) is 0.0215. The van der Waals surface area contributed by atoms with Crippen molar-refractivity contribution in [1.82, 2.24) is 4.57 Å². The molecule has 0 amide bonds. The Hall–Kier alpha value is -1.59. The zero-order valence-electron chi connectivity index (χ0n) is 10.1. The first kappa shape index (κ1) is 12.9. The molecule has 2 rings (SSSR count). The van der Waals surface area contributed by atoms with E-state index in [1.54, 1.807) is 4.57 Å². The number of nitrogens with zero attached hydrogens (tertiary/aromatic N) is 1. The third-order valence-corrected chi connectivity index (χ3v) is 3.01. The van der Waals surface area contributed by atoms with Gasteiger partial charge in [-0.15, -0.1) is 0 Å². The van der Waals surface area contributed by atoms with Crippen LogP contribution >= 0.6 is 0 Å². The van der Waals surface area contributed by atoms with Gasteiger partial charge < -0.3 is 4.57 Å². The van der Waals surface area contributed by atoms with E-state index in [4.69, 9.17) is 4.18 Å². The van der Waals surface area contributed by atoms with Gasteiger partial charge in [-0.3, -0.25) is 0 Å². The van der Waals surface area contributed by atoms with Crippen molar-refractivity contribution in [2.75, 3.05) is 6.26 Å². The van der Waals surface area contributed by atoms with Crippen molar-refractivity contribution in [3.8, 4) is 0 Å². The van der Waals surface area contributed by atoms with Crippen LogP contribution in [0.15, 0.2) is 48.8 Å². The summed E-state index contributed by atoms with van der Waals surface area (Å²) in [5, 5.41) is 0. The number of rotatable bonds is 5. The van der Waals surface area contributed by atoms with Gasteiger partial charge >= 0.3 is 0 Å². The van der Waals surface area contributed by atoms with Gasteiger partial charge in [0.1, 0.15) is 6.73 Å². The second kappa shape index (κ2) is 5.37. The van der Waals surface area contributed by atoms with E-state index in [0.29, 0.717) is 0 Å². The van der Waals surface area contributed by atoms with Crippen LogP contribution in [0, 0.1) is 0 Å². The third kappa shape index (κ3) is 4.01. The Morgan fingerprint density at radius 2 is 1.83 bits per heavy atom. The SMILES string of the molecule is CS(=O)(=O)OCn1ccc(Cc2ccccc2)c1. The highest BCUT2D eigenvalue weighted by Crippen LogP contribution is 2.10. The second-order valence-corrected chi connectivity index (χ2v) is 5.79. The summed E-state index contributed by atoms with van der Waals surface area (Å²) in [6, 6.07) is 12.1. The van der Waals surface area contributed by atoms with E-state index in [1.165, 1.54) is 5.56 Å². The van der Waals surface area contributed by atoms with E-state index in [9.17, 15) is 8.42 Å². The molecule has 96 valence electrons. The summed E-state index contributed by atoms with van der Waals surface area (Å²) in [7, 11) is -3.39. The van der Waals surface area contributed by atoms with Crippen LogP contribution in [0.4, 0.5) is 0 Å². The van der Waals surface area contributed by atoms with E-state index >= 15 is 0 Å². The normalized spacial score (nSPS) is 11.6. The number of hydrogen-bond donors (Lipinski definition) is 0. The van der Waals surface area contributed by atoms with Gasteiger partial charge in [0.2, 0.25) is 0 Å². The van der Waals surface area contributed by atoms with Crippen molar-refractivity contribution in [3.05, 3.63) is 59.9 Å². The average Bonchev–Trinajstić information content (AvgIpc) is 2.75. The summed E-state index contributed by atoms with van der Waals surface area (Å²) in [4.78, 5) is 0. The lowest BCUT2D eigenvalue weighted by Gasteiger charge is -2.02. The molecule has 1 aromatic heterocycles. The molecule has 5 heteroatoms. The molecule has 0 aliphatic rings. The summed E-state index contributed by atoms with van der Waals surface area (Å²) in [5.41, 5.74) is 2.34. The minimum atomic E-state index is -3.39. The van der Waals surface area contributed by atoms with Crippen LogP contribution in [0.2, 0.25) is 0 Å². The minimum Gasteiger partial charge on any atom is -0.329 e. The van der Waals surface area contributed by atoms with E-state index in [2.05, 4.69) is 12.1 Å². The molecule has 0 saturated heterocycles. The van der Waals surface area contributed by atoms with Crippen molar-refractivity contribution in [1.29, 1.82) is 0 Å². The highest BCUT2D eigenvalue weighted by Gasteiger charge is 2.03. The molecule has 0 aliphatic heterocycles. The molecule has 4 nitrogen and oxygen atoms in total. The largest absolute Gasteiger partial charge is 0.329 e. The number of aromatic nitrogens is 1. The lowest BCUT2D eigenvalue weighted by molar-refractivity contribution is 0.246. The molecular weight excluding hydrogens is 250 g/mol. The van der Waals surface area contributed by atoms with Gasteiger partial charge in [0, 0.05) is 12.4 Å². The molecular formula is C13H15NO3S. The average molecular weight is 265 g/mol. The smallest absolute Gasteiger partial charge is 0.266 e. The molecule has 0 radical (unpaired) electrons. The van der Waals surface area contributed by atoms with Crippen molar-refractivity contribution >= 4 is 10.1 Å². The summed E-state index contributed by atoms with van der Waals surface area (Å²) in [5.74, 6) is 0. The van der Waals surface area contributed by atoms with Crippen LogP contribution < -0.4 is 0 Å². The highest BCUT2D eigenvalue weighted by molar-refractivity contribution is 7.85. The topological polar surface area (TPSA) is 48.3 Å². The van der Waals surface area contributed by atoms with Crippen molar-refractivity contribution in [3.63, 3.8) is 0 Å². The molecule has 18 heavy (non-hydrogen) atoms. The first-order valence-corrected chi connectivity index (χ1v) is 7.37. The predicted octanol–water partition coefficient (Wildman–Crippen LogP) is 2.01. The Labute approximate surface area is 107 Å². The van der Waals surface area contributed by atoms with E-state index < -0.39 is 10.1 Å². The van der Waals surface area contributed by atoms with Gasteiger partial charge in [-0.2, -0.15) is 8.42 Å². The monoisotopic (exact) mass is 265 g/mol. The van der Waals surface area contributed by atoms with Gasteiger partial charge in [-0.05, 0) is 23.6 Å². The van der Waals surface area contributed by atoms with Crippen LogP contribution in [-0.4, -0.2) is 19.2 Å². The van der Waals surface area contributed by atoms with Crippen LogP contribution in [0.25, 0.3) is 0 Å². The number of hydrogen-bond acceptors (Lipinski definition) is 3. The molecule has 2 aromatic rings. The minimum absolute atomic E-state index is 0.0215. The van der Waals surface area contributed by atoms with Gasteiger partial charge in [0.15, 0.2) is 0 Å². The van der Waals surface area contributed by atoms with Gasteiger partial charge in [0.05, 0.1) is 6.26 Å². The van der Waals surface area contributed by atoms with Crippen LogP contribution in [0.1, 0.15) is 11.1 Å². The standard InChI is InChI=1S/C13H15NO3S/c1-18(15,16)17-11-14-8-7-13(10-14)9-12-5-3-2-4-6-12/h2-8,10H,9,11H2,1H3. The predicted molar refractivity (Wildman–Crippen MR) is 69.6 cm³/mol. The summed E-state index contributed by atoms with van der Waals surface area (Å²) in [6.07, 6.45) is 5.57. The lowest BCUT2D eigenvalue weighted by atomic mass is 10.1. The third-order valence-electron chi connectivity index (χ3n) is 2.48. The quantitative estimate of drug-likeness (QED) is 0.777. The highest BCUT2D eigenvalue weighted by atomic mass is 32.2. The maximum atomic E-state index is 10.9. The maximum absolute atomic E-state index is 10.9. The summed E-state index contributed by atoms with van der Waals surface area (Å²) < 4.78 is 28.2. The van der Waals surface area contributed by atoms with E-state index in [1.807, 2.05) is 36.7 Å². The first-order chi connectivity index (χ1) is 8.53. The van der Waals surface area contributed by atoms with Crippen molar-refractivity contribution in [2.45, 2.75) is 13.2 Å². The molecule has 1 aromatic carbocycles. The Morgan fingerprint density at radius 1 is 1.11 bits per heavy atom. The maximum Gasteiger partial charge on any atom is 0.266 e. The molecule has 0 N–H and O–H groups in total. The fourth-order valence-electron chi connectivity index (χ4n) is 1.66. The fourth-order valence-corrected chi connectivity index (χ4v) is 1.98. The molecule has 0 unspecified atom stereocenters. The second-order valence-electron chi connectivity index (χ2n) is 4.15. The molecule has 1 heterocycles. The zero-order valence-corrected chi connectivity index (χ0v) is 10.9. The Kier molecular flexibility index (Phi) is 3.84. The van der Waals surface area contributed by atoms with Crippen molar-refractivity contribution < 1.29 is 12.6 Å². The first-order valence-electron chi connectivity index (χ1n) is 5.56. The van der Waals surface area contributed by atoms with Crippen LogP contribution in [-0.2, 0) is 27.5 Å². The van der Waals surface area contributed by atoms with Crippen molar-refractivity contribution in [2.24, 2.45) is 0 Å². The molecule has 0 aliphatic carbocycles. The summed E-state index contributed by atoms with van der Waals surface area (Å²) >= 11 is 0. The molecule has 0 saturated carbocycles. The van der Waals surface area contributed by atoms with E-state index in [-0.39, 0.29) is 6.73 Å². The lowest BCUT2D eigenvalue weighted by Crippen LogP contribution is -2.06. The van der Waals surface area contributed by atoms with Gasteiger partial charge in [-0.1, -0.05) is 30.3 Å². The van der Waals surface area contributed by atoms with Gasteiger partial charge in [-0.25, -0.2) is 4.18 Å². The number of benzene rings is 1. The molecule has 0 fully saturated rings. The van der Waals surface area contributed by atoms with E-state index in [0.717, 1.165) is 18.2 Å². The van der Waals surface area contributed by atoms with Gasteiger partial charge in [0.25, 0.3) is 10.1 Å².